The number of hydrogen-bond acceptors (Lipinski definition) is 7. The van der Waals surface area contributed by atoms with Gasteiger partial charge in [0, 0.05) is 4.75 Å². The van der Waals surface area contributed by atoms with Crippen molar-refractivity contribution in [2.24, 2.45) is 5.73 Å². The van der Waals surface area contributed by atoms with Crippen molar-refractivity contribution >= 4 is 29.6 Å². The van der Waals surface area contributed by atoms with Crippen LogP contribution in [0.3, 0.4) is 0 Å². The molecule has 10 heteroatoms. The molecule has 2 rings (SSSR count). The highest BCUT2D eigenvalue weighted by Gasteiger charge is 2.49. The number of thioether (sulfide) groups is 1. The molecular formula is C16H21N3O6S. The van der Waals surface area contributed by atoms with E-state index in [1.807, 2.05) is 0 Å². The number of aromatic hydroxyl groups is 1. The number of phenolic OH excluding ortho intramolecular Hbond substituents is 1. The van der Waals surface area contributed by atoms with E-state index in [-0.39, 0.29) is 5.75 Å². The van der Waals surface area contributed by atoms with Gasteiger partial charge in [0.2, 0.25) is 5.91 Å². The van der Waals surface area contributed by atoms with Crippen LogP contribution in [0.4, 0.5) is 0 Å². The number of carbonyl (C=O) groups excluding carboxylic acids is 1. The van der Waals surface area contributed by atoms with Gasteiger partial charge in [-0.25, -0.2) is 4.79 Å². The largest absolute Gasteiger partial charge is 0.508 e. The monoisotopic (exact) mass is 383 g/mol. The van der Waals surface area contributed by atoms with E-state index in [1.54, 1.807) is 13.8 Å². The highest BCUT2D eigenvalue weighted by Crippen LogP contribution is 2.39. The summed E-state index contributed by atoms with van der Waals surface area (Å²) in [5.41, 5.74) is 6.26. The number of carbonyl (C=O) groups is 3. The number of benzene rings is 1. The molecule has 142 valence electrons. The summed E-state index contributed by atoms with van der Waals surface area (Å²) in [6.07, 6.45) is 0. The van der Waals surface area contributed by atoms with Crippen LogP contribution < -0.4 is 16.4 Å². The predicted molar refractivity (Wildman–Crippen MR) is 94.6 cm³/mol. The van der Waals surface area contributed by atoms with Gasteiger partial charge in [-0.2, -0.15) is 0 Å². The van der Waals surface area contributed by atoms with Gasteiger partial charge >= 0.3 is 11.9 Å². The van der Waals surface area contributed by atoms with Crippen molar-refractivity contribution in [1.82, 2.24) is 10.6 Å². The zero-order valence-corrected chi connectivity index (χ0v) is 15.0. The summed E-state index contributed by atoms with van der Waals surface area (Å²) in [7, 11) is 0. The molecule has 1 aromatic rings. The Balaban J connectivity index is 2.13. The summed E-state index contributed by atoms with van der Waals surface area (Å²) in [5, 5.41) is 32.3. The fraction of sp³-hybridized carbons (Fsp3) is 0.438. The summed E-state index contributed by atoms with van der Waals surface area (Å²) >= 11 is 1.13. The summed E-state index contributed by atoms with van der Waals surface area (Å²) in [4.78, 5) is 35.3. The molecule has 1 fully saturated rings. The van der Waals surface area contributed by atoms with Gasteiger partial charge < -0.3 is 26.4 Å². The standard InChI is InChI=1S/C16H21N3O6S/c1-16(2)11(15(24)25)19-13(26-16)10(14(22)23)18-12(21)9(17)7-3-5-8(20)6-4-7/h3-6,9-11,13,19-20H,17H2,1-2H3,(H,18,21)(H,22,23)(H,24,25)/t9-,10-,11+,13-/m1/s1. The van der Waals surface area contributed by atoms with Crippen LogP contribution in [-0.2, 0) is 14.4 Å². The van der Waals surface area contributed by atoms with E-state index >= 15 is 0 Å². The van der Waals surface area contributed by atoms with Crippen LogP contribution in [-0.4, -0.2) is 55.4 Å². The molecule has 1 aromatic carbocycles. The number of hydrogen-bond donors (Lipinski definition) is 6. The number of amides is 1. The Morgan fingerprint density at radius 1 is 1.23 bits per heavy atom. The fourth-order valence-electron chi connectivity index (χ4n) is 2.67. The summed E-state index contributed by atoms with van der Waals surface area (Å²) in [6.45, 7) is 3.37. The van der Waals surface area contributed by atoms with Crippen molar-refractivity contribution in [1.29, 1.82) is 0 Å². The second-order valence-electron chi connectivity index (χ2n) is 6.47. The molecule has 0 aromatic heterocycles. The van der Waals surface area contributed by atoms with Crippen molar-refractivity contribution in [3.63, 3.8) is 0 Å². The number of carboxylic acid groups (broad SMARTS) is 2. The first-order valence-electron chi connectivity index (χ1n) is 7.77. The third-order valence-electron chi connectivity index (χ3n) is 4.11. The molecule has 4 atom stereocenters. The summed E-state index contributed by atoms with van der Waals surface area (Å²) < 4.78 is -0.756. The van der Waals surface area contributed by atoms with Gasteiger partial charge in [0.25, 0.3) is 0 Å². The van der Waals surface area contributed by atoms with Gasteiger partial charge in [-0.15, -0.1) is 11.8 Å². The molecule has 1 amide bonds. The van der Waals surface area contributed by atoms with E-state index in [4.69, 9.17) is 5.73 Å². The lowest BCUT2D eigenvalue weighted by atomic mass is 10.0. The second kappa shape index (κ2) is 7.52. The van der Waals surface area contributed by atoms with Crippen LogP contribution >= 0.6 is 11.8 Å². The Morgan fingerprint density at radius 3 is 2.27 bits per heavy atom. The Kier molecular flexibility index (Phi) is 5.79. The zero-order valence-electron chi connectivity index (χ0n) is 14.2. The van der Waals surface area contributed by atoms with Gasteiger partial charge in [0.05, 0.1) is 5.37 Å². The number of nitrogens with two attached hydrogens (primary N) is 1. The molecule has 1 aliphatic heterocycles. The van der Waals surface area contributed by atoms with E-state index in [1.165, 1.54) is 24.3 Å². The molecule has 0 radical (unpaired) electrons. The Morgan fingerprint density at radius 2 is 1.81 bits per heavy atom. The van der Waals surface area contributed by atoms with Crippen molar-refractivity contribution < 1.29 is 29.7 Å². The molecule has 9 nitrogen and oxygen atoms in total. The SMILES string of the molecule is CC1(C)S[C@H]([C@@H](NC(=O)[C@H](N)c2ccc(O)cc2)C(=O)O)N[C@H]1C(=O)O. The van der Waals surface area contributed by atoms with Gasteiger partial charge in [-0.3, -0.25) is 14.9 Å². The molecule has 0 spiro atoms. The maximum Gasteiger partial charge on any atom is 0.328 e. The summed E-state index contributed by atoms with van der Waals surface area (Å²) in [5.74, 6) is -3.11. The minimum atomic E-state index is -1.36. The maximum absolute atomic E-state index is 12.4. The molecule has 7 N–H and O–H groups in total. The Bertz CT molecular complexity index is 708. The van der Waals surface area contributed by atoms with E-state index < -0.39 is 46.1 Å². The quantitative estimate of drug-likeness (QED) is 0.392. The lowest BCUT2D eigenvalue weighted by Crippen LogP contribution is -2.55. The van der Waals surface area contributed by atoms with Gasteiger partial charge in [0.1, 0.15) is 17.8 Å². The average Bonchev–Trinajstić information content (AvgIpc) is 2.87. The number of rotatable bonds is 6. The van der Waals surface area contributed by atoms with Gasteiger partial charge in [-0.1, -0.05) is 12.1 Å². The lowest BCUT2D eigenvalue weighted by Gasteiger charge is -2.23. The van der Waals surface area contributed by atoms with E-state index in [2.05, 4.69) is 10.6 Å². The molecule has 0 unspecified atom stereocenters. The lowest BCUT2D eigenvalue weighted by molar-refractivity contribution is -0.143. The number of carboxylic acids is 2. The molecule has 0 bridgehead atoms. The van der Waals surface area contributed by atoms with Gasteiger partial charge in [-0.05, 0) is 31.5 Å². The maximum atomic E-state index is 12.4. The molecule has 1 saturated heterocycles. The first-order chi connectivity index (χ1) is 12.0. The first-order valence-corrected chi connectivity index (χ1v) is 8.65. The first kappa shape index (κ1) is 20.0. The average molecular weight is 383 g/mol. The molecule has 1 heterocycles. The minimum absolute atomic E-state index is 0.0123. The van der Waals surface area contributed by atoms with Crippen LogP contribution in [0.15, 0.2) is 24.3 Å². The van der Waals surface area contributed by atoms with Crippen LogP contribution in [0, 0.1) is 0 Å². The van der Waals surface area contributed by atoms with E-state index in [9.17, 15) is 29.7 Å². The van der Waals surface area contributed by atoms with Crippen LogP contribution in [0.25, 0.3) is 0 Å². The van der Waals surface area contributed by atoms with Crippen molar-refractivity contribution in [3.8, 4) is 5.75 Å². The third-order valence-corrected chi connectivity index (χ3v) is 5.61. The highest BCUT2D eigenvalue weighted by molar-refractivity contribution is 8.01. The smallest absolute Gasteiger partial charge is 0.328 e. The predicted octanol–water partition coefficient (Wildman–Crippen LogP) is -0.144. The Hall–Kier alpha value is -2.30. The third kappa shape index (κ3) is 4.26. The van der Waals surface area contributed by atoms with Crippen LogP contribution in [0.2, 0.25) is 0 Å². The topological polar surface area (TPSA) is 162 Å². The Labute approximate surface area is 154 Å². The second-order valence-corrected chi connectivity index (χ2v) is 8.27. The summed E-state index contributed by atoms with van der Waals surface area (Å²) in [6, 6.07) is 2.20. The number of aliphatic carboxylic acids is 2. The molecule has 0 saturated carbocycles. The molecule has 1 aliphatic rings. The van der Waals surface area contributed by atoms with E-state index in [0.29, 0.717) is 5.56 Å². The van der Waals surface area contributed by atoms with Crippen LogP contribution in [0.5, 0.6) is 5.75 Å². The molecular weight excluding hydrogens is 362 g/mol. The normalized spacial score (nSPS) is 23.8. The van der Waals surface area contributed by atoms with Crippen molar-refractivity contribution in [2.75, 3.05) is 0 Å². The highest BCUT2D eigenvalue weighted by atomic mass is 32.2. The van der Waals surface area contributed by atoms with Crippen LogP contribution in [0.1, 0.15) is 25.5 Å². The number of phenols is 1. The molecule has 0 aliphatic carbocycles. The number of nitrogens with one attached hydrogen (secondary N) is 2. The fourth-order valence-corrected chi connectivity index (χ4v) is 4.15. The van der Waals surface area contributed by atoms with Crippen molar-refractivity contribution in [2.45, 2.75) is 42.1 Å². The van der Waals surface area contributed by atoms with Gasteiger partial charge in [0.15, 0.2) is 6.04 Å². The van der Waals surface area contributed by atoms with Crippen molar-refractivity contribution in [3.05, 3.63) is 29.8 Å². The van der Waals surface area contributed by atoms with E-state index in [0.717, 1.165) is 11.8 Å². The minimum Gasteiger partial charge on any atom is -0.508 e. The molecule has 26 heavy (non-hydrogen) atoms. The zero-order chi connectivity index (χ0) is 19.6.